The smallest absolute Gasteiger partial charge is 0.252 e. The van der Waals surface area contributed by atoms with Gasteiger partial charge in [-0.3, -0.25) is 9.69 Å². The van der Waals surface area contributed by atoms with Crippen molar-refractivity contribution < 1.29 is 13.2 Å². The molecule has 11 heteroatoms. The third-order valence-electron chi connectivity index (χ3n) is 5.99. The molecule has 184 valence electrons. The van der Waals surface area contributed by atoms with E-state index < -0.39 is 15.9 Å². The number of thiophene rings is 1. The number of thiazole rings is 1. The van der Waals surface area contributed by atoms with Crippen molar-refractivity contribution in [3.8, 4) is 0 Å². The van der Waals surface area contributed by atoms with Crippen LogP contribution in [0.25, 0.3) is 10.2 Å². The van der Waals surface area contributed by atoms with Crippen LogP contribution in [0.5, 0.6) is 0 Å². The molecule has 1 saturated heterocycles. The molecule has 0 aliphatic carbocycles. The Labute approximate surface area is 214 Å². The molecule has 0 saturated carbocycles. The van der Waals surface area contributed by atoms with Gasteiger partial charge in [-0.05, 0) is 69.9 Å². The molecule has 1 aromatic carbocycles. The average molecular weight is 541 g/mol. The first-order valence-electron chi connectivity index (χ1n) is 11.2. The van der Waals surface area contributed by atoms with Gasteiger partial charge in [-0.1, -0.05) is 35.1 Å². The van der Waals surface area contributed by atoms with E-state index in [0.717, 1.165) is 28.7 Å². The first kappa shape index (κ1) is 25.5. The monoisotopic (exact) mass is 540 g/mol. The summed E-state index contributed by atoms with van der Waals surface area (Å²) in [5.41, 5.74) is 1.82. The first-order chi connectivity index (χ1) is 16.2. The molecule has 1 atom stereocenters. The van der Waals surface area contributed by atoms with Crippen LogP contribution in [-0.4, -0.2) is 68.8 Å². The molecule has 1 aliphatic heterocycles. The number of anilines is 1. The predicted octanol–water partition coefficient (Wildman–Crippen LogP) is 4.71. The van der Waals surface area contributed by atoms with Crippen LogP contribution in [0.4, 0.5) is 5.13 Å². The fourth-order valence-electron chi connectivity index (χ4n) is 4.17. The highest BCUT2D eigenvalue weighted by Crippen LogP contribution is 2.37. The average Bonchev–Trinajstić information content (AvgIpc) is 3.50. The molecule has 3 aromatic rings. The Morgan fingerprint density at radius 2 is 2.06 bits per heavy atom. The van der Waals surface area contributed by atoms with Gasteiger partial charge >= 0.3 is 0 Å². The number of carbonyl (C=O) groups is 1. The summed E-state index contributed by atoms with van der Waals surface area (Å²) >= 11 is 9.05. The third-order valence-corrected chi connectivity index (χ3v) is 10.8. The van der Waals surface area contributed by atoms with E-state index in [-0.39, 0.29) is 12.5 Å². The van der Waals surface area contributed by atoms with Crippen LogP contribution in [0.3, 0.4) is 0 Å². The number of aryl methyl sites for hydroxylation is 1. The second-order valence-electron chi connectivity index (χ2n) is 8.82. The molecular weight excluding hydrogens is 512 g/mol. The van der Waals surface area contributed by atoms with Gasteiger partial charge in [0.1, 0.15) is 4.21 Å². The number of hydrogen-bond donors (Lipinski definition) is 0. The molecule has 4 rings (SSSR count). The van der Waals surface area contributed by atoms with Crippen molar-refractivity contribution in [1.29, 1.82) is 0 Å². The number of piperidine rings is 1. The van der Waals surface area contributed by atoms with E-state index in [2.05, 4.69) is 4.90 Å². The van der Waals surface area contributed by atoms with Gasteiger partial charge in [0.2, 0.25) is 5.91 Å². The Morgan fingerprint density at radius 1 is 1.26 bits per heavy atom. The minimum atomic E-state index is -3.59. The number of carbonyl (C=O) groups excluding carboxylic acids is 1. The molecular formula is C23H29ClN4O3S3. The topological polar surface area (TPSA) is 73.8 Å². The Kier molecular flexibility index (Phi) is 7.95. The van der Waals surface area contributed by atoms with E-state index in [4.69, 9.17) is 16.6 Å². The lowest BCUT2D eigenvalue weighted by atomic mass is 9.98. The number of hydrogen-bond acceptors (Lipinski definition) is 7. The van der Waals surface area contributed by atoms with Gasteiger partial charge in [0.25, 0.3) is 10.0 Å². The Balaban J connectivity index is 1.61. The van der Waals surface area contributed by atoms with Crippen LogP contribution in [0.1, 0.15) is 24.8 Å². The lowest BCUT2D eigenvalue weighted by Gasteiger charge is -2.33. The summed E-state index contributed by atoms with van der Waals surface area (Å²) in [4.78, 5) is 22.4. The number of halogens is 1. The molecule has 0 spiro atoms. The largest absolute Gasteiger partial charge is 0.309 e. The van der Waals surface area contributed by atoms with Crippen LogP contribution in [-0.2, 0) is 14.8 Å². The van der Waals surface area contributed by atoms with E-state index in [1.54, 1.807) is 22.4 Å². The van der Waals surface area contributed by atoms with E-state index in [9.17, 15) is 13.2 Å². The second kappa shape index (κ2) is 10.6. The van der Waals surface area contributed by atoms with Crippen molar-refractivity contribution in [2.45, 2.75) is 30.4 Å². The number of benzene rings is 1. The van der Waals surface area contributed by atoms with Crippen molar-refractivity contribution in [1.82, 2.24) is 14.2 Å². The number of nitrogens with zero attached hydrogens (tertiary/aromatic N) is 4. The van der Waals surface area contributed by atoms with Gasteiger partial charge in [0.05, 0.1) is 21.2 Å². The molecule has 34 heavy (non-hydrogen) atoms. The minimum Gasteiger partial charge on any atom is -0.309 e. The highest BCUT2D eigenvalue weighted by Gasteiger charge is 2.36. The summed E-state index contributed by atoms with van der Waals surface area (Å²) in [6.07, 6.45) is 2.09. The van der Waals surface area contributed by atoms with Gasteiger partial charge < -0.3 is 4.90 Å². The van der Waals surface area contributed by atoms with Crippen LogP contribution >= 0.6 is 34.3 Å². The fourth-order valence-corrected chi connectivity index (χ4v) is 8.19. The van der Waals surface area contributed by atoms with Gasteiger partial charge in [-0.15, -0.1) is 11.3 Å². The van der Waals surface area contributed by atoms with E-state index in [1.165, 1.54) is 27.0 Å². The normalized spacial score (nSPS) is 17.5. The number of rotatable bonds is 8. The standard InChI is InChI=1S/C23H29ClN4O3S3/c1-16-9-10-18(24)21-20(16)25-23(33-21)28(13-6-11-26(2)3)22(29)17-7-4-12-27(15-17)34(30,31)19-8-5-14-32-19/h5,8-10,14,17H,4,6-7,11-13,15H2,1-3H3. The molecule has 1 aliphatic rings. The lowest BCUT2D eigenvalue weighted by molar-refractivity contribution is -0.123. The third kappa shape index (κ3) is 5.32. The molecule has 7 nitrogen and oxygen atoms in total. The van der Waals surface area contributed by atoms with Gasteiger partial charge in [-0.2, -0.15) is 4.31 Å². The summed E-state index contributed by atoms with van der Waals surface area (Å²) in [6.45, 7) is 3.95. The highest BCUT2D eigenvalue weighted by atomic mass is 35.5. The predicted molar refractivity (Wildman–Crippen MR) is 141 cm³/mol. The second-order valence-corrected chi connectivity index (χ2v) is 13.3. The molecule has 0 N–H and O–H groups in total. The summed E-state index contributed by atoms with van der Waals surface area (Å²) < 4.78 is 28.8. The summed E-state index contributed by atoms with van der Waals surface area (Å²) in [5.74, 6) is -0.482. The number of sulfonamides is 1. The Morgan fingerprint density at radius 3 is 2.74 bits per heavy atom. The van der Waals surface area contributed by atoms with Crippen LogP contribution < -0.4 is 4.90 Å². The maximum Gasteiger partial charge on any atom is 0.252 e. The molecule has 0 bridgehead atoms. The maximum atomic E-state index is 13.8. The number of fused-ring (bicyclic) bond motifs is 1. The molecule has 3 heterocycles. The fraction of sp³-hybridized carbons (Fsp3) is 0.478. The first-order valence-corrected chi connectivity index (χ1v) is 14.8. The van der Waals surface area contributed by atoms with Crippen LogP contribution in [0.2, 0.25) is 5.02 Å². The maximum absolute atomic E-state index is 13.8. The molecule has 2 aromatic heterocycles. The van der Waals surface area contributed by atoms with Gasteiger partial charge in [0, 0.05) is 19.6 Å². The number of amides is 1. The number of aromatic nitrogens is 1. The zero-order valence-electron chi connectivity index (χ0n) is 19.5. The molecule has 1 unspecified atom stereocenters. The van der Waals surface area contributed by atoms with Gasteiger partial charge in [0.15, 0.2) is 5.13 Å². The van der Waals surface area contributed by atoms with Crippen molar-refractivity contribution in [2.24, 2.45) is 5.92 Å². The summed E-state index contributed by atoms with van der Waals surface area (Å²) in [6, 6.07) is 7.14. The van der Waals surface area contributed by atoms with E-state index in [0.29, 0.717) is 40.3 Å². The van der Waals surface area contributed by atoms with E-state index in [1.807, 2.05) is 33.2 Å². The highest BCUT2D eigenvalue weighted by molar-refractivity contribution is 7.91. The SMILES string of the molecule is Cc1ccc(Cl)c2sc(N(CCCN(C)C)C(=O)C3CCCN(S(=O)(=O)c4cccs4)C3)nc12. The quantitative estimate of drug-likeness (QED) is 0.414. The summed E-state index contributed by atoms with van der Waals surface area (Å²) in [5, 5.41) is 3.00. The van der Waals surface area contributed by atoms with Crippen LogP contribution in [0, 0.1) is 12.8 Å². The lowest BCUT2D eigenvalue weighted by Crippen LogP contribution is -2.47. The minimum absolute atomic E-state index is 0.0716. The van der Waals surface area contributed by atoms with Crippen molar-refractivity contribution in [2.75, 3.05) is 45.2 Å². The molecule has 1 fully saturated rings. The molecule has 1 amide bonds. The Bertz CT molecular complexity index is 1220. The Hall–Kier alpha value is -1.56. The van der Waals surface area contributed by atoms with Crippen LogP contribution in [0.15, 0.2) is 33.9 Å². The summed E-state index contributed by atoms with van der Waals surface area (Å²) in [7, 11) is 0.411. The van der Waals surface area contributed by atoms with E-state index >= 15 is 0 Å². The van der Waals surface area contributed by atoms with Gasteiger partial charge in [-0.25, -0.2) is 13.4 Å². The van der Waals surface area contributed by atoms with Crippen molar-refractivity contribution in [3.63, 3.8) is 0 Å². The zero-order chi connectivity index (χ0) is 24.5. The van der Waals surface area contributed by atoms with Crippen molar-refractivity contribution in [3.05, 3.63) is 40.2 Å². The molecule has 0 radical (unpaired) electrons. The van der Waals surface area contributed by atoms with Crippen molar-refractivity contribution >= 4 is 65.6 Å². The zero-order valence-corrected chi connectivity index (χ0v) is 22.7.